The predicted molar refractivity (Wildman–Crippen MR) is 102 cm³/mol. The molecule has 1 aromatic carbocycles. The number of hydrogen-bond donors (Lipinski definition) is 2. The van der Waals surface area contributed by atoms with Crippen LogP contribution >= 0.6 is 0 Å². The Labute approximate surface area is 155 Å². The molecular weight excluding hydrogens is 335 g/mol. The highest BCUT2D eigenvalue weighted by atomic mass is 19.1. The van der Waals surface area contributed by atoms with Crippen LogP contribution in [0.1, 0.15) is 20.3 Å². The average molecular weight is 366 g/mol. The summed E-state index contributed by atoms with van der Waals surface area (Å²) in [5.74, 6) is 1.18. The molecule has 7 heteroatoms. The van der Waals surface area contributed by atoms with E-state index < -0.39 is 0 Å². The summed E-state index contributed by atoms with van der Waals surface area (Å²) in [6, 6.07) is 6.05. The van der Waals surface area contributed by atoms with Gasteiger partial charge in [0.1, 0.15) is 17.7 Å². The Morgan fingerprint density at radius 1 is 1.27 bits per heavy atom. The van der Waals surface area contributed by atoms with E-state index in [4.69, 9.17) is 9.47 Å². The van der Waals surface area contributed by atoms with E-state index in [0.717, 1.165) is 58.3 Å². The molecule has 146 valence electrons. The van der Waals surface area contributed by atoms with Gasteiger partial charge in [0.15, 0.2) is 5.96 Å². The van der Waals surface area contributed by atoms with Gasteiger partial charge in [0.25, 0.3) is 0 Å². The monoisotopic (exact) mass is 366 g/mol. The molecule has 1 aliphatic rings. The molecule has 26 heavy (non-hydrogen) atoms. The summed E-state index contributed by atoms with van der Waals surface area (Å²) >= 11 is 0. The third kappa shape index (κ3) is 8.01. The zero-order chi connectivity index (χ0) is 18.6. The van der Waals surface area contributed by atoms with Gasteiger partial charge in [-0.25, -0.2) is 9.38 Å². The first kappa shape index (κ1) is 20.5. The molecule has 0 saturated carbocycles. The van der Waals surface area contributed by atoms with Gasteiger partial charge < -0.3 is 20.1 Å². The molecule has 0 radical (unpaired) electrons. The second-order valence-electron chi connectivity index (χ2n) is 6.34. The van der Waals surface area contributed by atoms with Gasteiger partial charge in [-0.05, 0) is 51.1 Å². The van der Waals surface area contributed by atoms with Crippen LogP contribution in [0.2, 0.25) is 0 Å². The summed E-state index contributed by atoms with van der Waals surface area (Å²) in [4.78, 5) is 7.00. The number of guanidine groups is 1. The number of rotatable bonds is 9. The summed E-state index contributed by atoms with van der Waals surface area (Å²) in [6.45, 7) is 11.0. The fraction of sp³-hybridized carbons (Fsp3) is 0.632. The molecule has 2 N–H and O–H groups in total. The SMILES string of the molecule is CCNC(=NCC(C)Oc1ccc(F)cc1)NCCCN1CCOCC1. The number of hydrogen-bond acceptors (Lipinski definition) is 4. The highest BCUT2D eigenvalue weighted by Gasteiger charge is 2.09. The average Bonchev–Trinajstić information content (AvgIpc) is 2.66. The van der Waals surface area contributed by atoms with Gasteiger partial charge in [-0.1, -0.05) is 0 Å². The smallest absolute Gasteiger partial charge is 0.191 e. The van der Waals surface area contributed by atoms with Crippen molar-refractivity contribution in [1.82, 2.24) is 15.5 Å². The summed E-state index contributed by atoms with van der Waals surface area (Å²) in [7, 11) is 0. The summed E-state index contributed by atoms with van der Waals surface area (Å²) < 4.78 is 24.0. The van der Waals surface area contributed by atoms with Crippen LogP contribution in [-0.4, -0.2) is 69.4 Å². The maximum absolute atomic E-state index is 12.9. The van der Waals surface area contributed by atoms with E-state index in [-0.39, 0.29) is 11.9 Å². The molecule has 2 rings (SSSR count). The molecule has 1 aromatic rings. The lowest BCUT2D eigenvalue weighted by Crippen LogP contribution is -2.41. The Morgan fingerprint density at radius 2 is 2.00 bits per heavy atom. The minimum absolute atomic E-state index is 0.0933. The van der Waals surface area contributed by atoms with Crippen LogP contribution in [0.5, 0.6) is 5.75 Å². The van der Waals surface area contributed by atoms with Crippen molar-refractivity contribution in [2.75, 3.05) is 52.5 Å². The molecular formula is C19H31FN4O2. The van der Waals surface area contributed by atoms with Crippen LogP contribution < -0.4 is 15.4 Å². The van der Waals surface area contributed by atoms with Crippen molar-refractivity contribution in [3.8, 4) is 5.75 Å². The highest BCUT2D eigenvalue weighted by Crippen LogP contribution is 2.13. The number of aliphatic imine (C=N–C) groups is 1. The third-order valence-electron chi connectivity index (χ3n) is 4.05. The van der Waals surface area contributed by atoms with E-state index in [9.17, 15) is 4.39 Å². The lowest BCUT2D eigenvalue weighted by atomic mass is 10.3. The number of benzene rings is 1. The highest BCUT2D eigenvalue weighted by molar-refractivity contribution is 5.79. The van der Waals surface area contributed by atoms with E-state index >= 15 is 0 Å². The summed E-state index contributed by atoms with van der Waals surface area (Å²) in [5, 5.41) is 6.61. The molecule has 1 atom stereocenters. The summed E-state index contributed by atoms with van der Waals surface area (Å²) in [5.41, 5.74) is 0. The van der Waals surface area contributed by atoms with E-state index in [2.05, 4.69) is 20.5 Å². The van der Waals surface area contributed by atoms with Crippen molar-refractivity contribution in [3.63, 3.8) is 0 Å². The number of morpholine rings is 1. The Balaban J connectivity index is 1.69. The molecule has 0 amide bonds. The number of nitrogens with one attached hydrogen (secondary N) is 2. The molecule has 0 bridgehead atoms. The number of halogens is 1. The van der Waals surface area contributed by atoms with Gasteiger partial charge in [-0.2, -0.15) is 0 Å². The Hall–Kier alpha value is -1.86. The molecule has 0 aromatic heterocycles. The van der Waals surface area contributed by atoms with Crippen LogP contribution in [0.4, 0.5) is 4.39 Å². The fourth-order valence-corrected chi connectivity index (χ4v) is 2.68. The van der Waals surface area contributed by atoms with Gasteiger partial charge in [0.2, 0.25) is 0 Å². The molecule has 1 fully saturated rings. The first-order valence-electron chi connectivity index (χ1n) is 9.42. The van der Waals surface area contributed by atoms with Crippen molar-refractivity contribution in [2.45, 2.75) is 26.4 Å². The maximum atomic E-state index is 12.9. The molecule has 1 heterocycles. The van der Waals surface area contributed by atoms with Crippen molar-refractivity contribution in [1.29, 1.82) is 0 Å². The molecule has 1 unspecified atom stereocenters. The minimum atomic E-state index is -0.265. The van der Waals surface area contributed by atoms with Crippen LogP contribution in [0, 0.1) is 5.82 Å². The topological polar surface area (TPSA) is 58.1 Å². The molecule has 1 aliphatic heterocycles. The van der Waals surface area contributed by atoms with Gasteiger partial charge in [-0.3, -0.25) is 4.90 Å². The van der Waals surface area contributed by atoms with Gasteiger partial charge in [0, 0.05) is 26.2 Å². The fourth-order valence-electron chi connectivity index (χ4n) is 2.68. The van der Waals surface area contributed by atoms with E-state index in [1.807, 2.05) is 13.8 Å². The summed E-state index contributed by atoms with van der Waals surface area (Å²) in [6.07, 6.45) is 0.968. The van der Waals surface area contributed by atoms with Crippen molar-refractivity contribution in [3.05, 3.63) is 30.1 Å². The standard InChI is InChI=1S/C19H31FN4O2/c1-3-21-19(22-9-4-10-24-11-13-25-14-12-24)23-15-16(2)26-18-7-5-17(20)6-8-18/h5-8,16H,3-4,9-15H2,1-2H3,(H2,21,22,23). The lowest BCUT2D eigenvalue weighted by Gasteiger charge is -2.26. The van der Waals surface area contributed by atoms with Crippen LogP contribution in [0.25, 0.3) is 0 Å². The number of ether oxygens (including phenoxy) is 2. The lowest BCUT2D eigenvalue weighted by molar-refractivity contribution is 0.0376. The molecule has 1 saturated heterocycles. The van der Waals surface area contributed by atoms with Crippen molar-refractivity contribution >= 4 is 5.96 Å². The number of nitrogens with zero attached hydrogens (tertiary/aromatic N) is 2. The quantitative estimate of drug-likeness (QED) is 0.397. The van der Waals surface area contributed by atoms with Gasteiger partial charge in [0.05, 0.1) is 19.8 Å². The second kappa shape index (κ2) is 11.7. The maximum Gasteiger partial charge on any atom is 0.191 e. The first-order valence-corrected chi connectivity index (χ1v) is 9.42. The second-order valence-corrected chi connectivity index (χ2v) is 6.34. The van der Waals surface area contributed by atoms with Crippen LogP contribution in [0.3, 0.4) is 0 Å². The Kier molecular flexibility index (Phi) is 9.20. The minimum Gasteiger partial charge on any atom is -0.489 e. The Morgan fingerprint density at radius 3 is 2.69 bits per heavy atom. The zero-order valence-electron chi connectivity index (χ0n) is 15.8. The van der Waals surface area contributed by atoms with E-state index in [1.165, 1.54) is 12.1 Å². The van der Waals surface area contributed by atoms with E-state index in [0.29, 0.717) is 12.3 Å². The van der Waals surface area contributed by atoms with Crippen molar-refractivity contribution in [2.24, 2.45) is 4.99 Å². The van der Waals surface area contributed by atoms with Crippen LogP contribution in [0.15, 0.2) is 29.3 Å². The Bertz CT molecular complexity index is 533. The zero-order valence-corrected chi connectivity index (χ0v) is 15.8. The van der Waals surface area contributed by atoms with Gasteiger partial charge in [-0.15, -0.1) is 0 Å². The van der Waals surface area contributed by atoms with Gasteiger partial charge >= 0.3 is 0 Å². The first-order chi connectivity index (χ1) is 12.7. The normalized spacial score (nSPS) is 17.0. The third-order valence-corrected chi connectivity index (χ3v) is 4.05. The molecule has 0 spiro atoms. The molecule has 0 aliphatic carbocycles. The molecule has 6 nitrogen and oxygen atoms in total. The largest absolute Gasteiger partial charge is 0.489 e. The van der Waals surface area contributed by atoms with Crippen molar-refractivity contribution < 1.29 is 13.9 Å². The van der Waals surface area contributed by atoms with Crippen LogP contribution in [-0.2, 0) is 4.74 Å². The van der Waals surface area contributed by atoms with E-state index in [1.54, 1.807) is 12.1 Å². The predicted octanol–water partition coefficient (Wildman–Crippen LogP) is 1.87.